The molecule has 0 spiro atoms. The summed E-state index contributed by atoms with van der Waals surface area (Å²) in [5.41, 5.74) is 0.271. The van der Waals surface area contributed by atoms with Crippen LogP contribution in [0.1, 0.15) is 97.5 Å². The van der Waals surface area contributed by atoms with Crippen molar-refractivity contribution in [3.63, 3.8) is 0 Å². The van der Waals surface area contributed by atoms with Crippen molar-refractivity contribution >= 4 is 18.0 Å². The summed E-state index contributed by atoms with van der Waals surface area (Å²) >= 11 is 0. The Labute approximate surface area is 210 Å². The van der Waals surface area contributed by atoms with E-state index < -0.39 is 11.9 Å². The maximum atomic E-state index is 12.8. The van der Waals surface area contributed by atoms with Gasteiger partial charge in [0.1, 0.15) is 5.57 Å². The van der Waals surface area contributed by atoms with Gasteiger partial charge in [0.2, 0.25) is 5.75 Å². The van der Waals surface area contributed by atoms with E-state index >= 15 is 0 Å². The molecule has 0 aromatic heterocycles. The van der Waals surface area contributed by atoms with Crippen LogP contribution in [0.15, 0.2) is 17.7 Å². The summed E-state index contributed by atoms with van der Waals surface area (Å²) in [6.45, 7) is 9.03. The number of carbonyl (C=O) groups excluding carboxylic acids is 2. The third kappa shape index (κ3) is 12.0. The normalized spacial score (nSPS) is 10.5. The molecule has 0 fully saturated rings. The van der Waals surface area contributed by atoms with E-state index in [1.807, 2.05) is 0 Å². The highest BCUT2D eigenvalue weighted by molar-refractivity contribution is 6.17. The molecule has 1 aromatic rings. The third-order valence-electron chi connectivity index (χ3n) is 5.37. The number of phenols is 1. The van der Waals surface area contributed by atoms with E-state index in [0.717, 1.165) is 64.2 Å². The maximum absolute atomic E-state index is 12.8. The monoisotopic (exact) mass is 492 g/mol. The molecule has 7 heteroatoms. The number of unbranched alkanes of at least 4 members (excludes halogenated alkanes) is 8. The fourth-order valence-corrected chi connectivity index (χ4v) is 3.48. The second-order valence-electron chi connectivity index (χ2n) is 8.39. The number of esters is 2. The van der Waals surface area contributed by atoms with Crippen LogP contribution in [0.4, 0.5) is 0 Å². The number of hydrogen-bond donors (Lipinski definition) is 1. The molecule has 0 bridgehead atoms. The Morgan fingerprint density at radius 1 is 0.714 bits per heavy atom. The van der Waals surface area contributed by atoms with E-state index in [2.05, 4.69) is 13.8 Å². The number of carbonyl (C=O) groups is 2. The smallest absolute Gasteiger partial charge is 0.345 e. The molecule has 198 valence electrons. The summed E-state index contributed by atoms with van der Waals surface area (Å²) in [7, 11) is 0. The van der Waals surface area contributed by atoms with Crippen molar-refractivity contribution in [2.75, 3.05) is 26.4 Å². The van der Waals surface area contributed by atoms with Crippen molar-refractivity contribution in [2.45, 2.75) is 91.9 Å². The Kier molecular flexibility index (Phi) is 16.1. The molecule has 1 aromatic carbocycles. The summed E-state index contributed by atoms with van der Waals surface area (Å²) in [4.78, 5) is 25.7. The van der Waals surface area contributed by atoms with Gasteiger partial charge in [-0.1, -0.05) is 65.2 Å². The summed E-state index contributed by atoms with van der Waals surface area (Å²) in [6, 6.07) is 3.11. The van der Waals surface area contributed by atoms with Crippen LogP contribution in [0.3, 0.4) is 0 Å². The molecular formula is C28H44O7. The Balaban J connectivity index is 3.04. The number of aromatic hydroxyl groups is 1. The lowest BCUT2D eigenvalue weighted by Crippen LogP contribution is -2.19. The molecule has 1 rings (SSSR count). The number of benzene rings is 1. The van der Waals surface area contributed by atoms with Gasteiger partial charge in [0.05, 0.1) is 26.4 Å². The summed E-state index contributed by atoms with van der Waals surface area (Å²) in [5, 5.41) is 10.4. The largest absolute Gasteiger partial charge is 0.502 e. The Bertz CT molecular complexity index is 729. The zero-order valence-corrected chi connectivity index (χ0v) is 22.0. The predicted octanol–water partition coefficient (Wildman–Crippen LogP) is 6.60. The average molecular weight is 493 g/mol. The standard InChI is InChI=1S/C28H44O7/c1-5-9-11-13-15-17-34-27(30)23(28(31)35-18-16-14-12-10-6-2)19-22-20-24(32-7-3)26(29)25(21-22)33-8-4/h19-21,29H,5-18H2,1-4H3. The molecule has 0 radical (unpaired) electrons. The minimum Gasteiger partial charge on any atom is -0.502 e. The van der Waals surface area contributed by atoms with E-state index in [1.54, 1.807) is 26.0 Å². The van der Waals surface area contributed by atoms with E-state index in [0.29, 0.717) is 18.8 Å². The Morgan fingerprint density at radius 2 is 1.14 bits per heavy atom. The third-order valence-corrected chi connectivity index (χ3v) is 5.37. The molecule has 7 nitrogen and oxygen atoms in total. The Hall–Kier alpha value is -2.70. The van der Waals surface area contributed by atoms with Crippen LogP contribution in [-0.4, -0.2) is 43.5 Å². The number of hydrogen-bond acceptors (Lipinski definition) is 7. The molecule has 0 amide bonds. The van der Waals surface area contributed by atoms with Crippen molar-refractivity contribution in [2.24, 2.45) is 0 Å². The second kappa shape index (κ2) is 18.6. The van der Waals surface area contributed by atoms with E-state index in [-0.39, 0.29) is 36.0 Å². The first-order chi connectivity index (χ1) is 17.0. The zero-order chi connectivity index (χ0) is 25.9. The summed E-state index contributed by atoms with van der Waals surface area (Å²) < 4.78 is 21.8. The number of rotatable bonds is 19. The molecule has 0 aliphatic heterocycles. The highest BCUT2D eigenvalue weighted by atomic mass is 16.6. The molecule has 0 aliphatic carbocycles. The molecule has 35 heavy (non-hydrogen) atoms. The van der Waals surface area contributed by atoms with E-state index in [9.17, 15) is 14.7 Å². The van der Waals surface area contributed by atoms with Gasteiger partial charge in [-0.05, 0) is 50.5 Å². The van der Waals surface area contributed by atoms with Crippen molar-refractivity contribution < 1.29 is 33.6 Å². The molecule has 1 N–H and O–H groups in total. The first-order valence-electron chi connectivity index (χ1n) is 13.2. The Morgan fingerprint density at radius 3 is 1.54 bits per heavy atom. The first-order valence-corrected chi connectivity index (χ1v) is 13.2. The second-order valence-corrected chi connectivity index (χ2v) is 8.39. The molecule has 0 atom stereocenters. The van der Waals surface area contributed by atoms with Crippen LogP contribution in [0, 0.1) is 0 Å². The van der Waals surface area contributed by atoms with E-state index in [4.69, 9.17) is 18.9 Å². The van der Waals surface area contributed by atoms with Gasteiger partial charge in [-0.2, -0.15) is 0 Å². The van der Waals surface area contributed by atoms with Gasteiger partial charge < -0.3 is 24.1 Å². The first kappa shape index (κ1) is 30.3. The molecule has 0 aliphatic rings. The van der Waals surface area contributed by atoms with E-state index in [1.165, 1.54) is 6.08 Å². The van der Waals surface area contributed by atoms with Crippen molar-refractivity contribution in [3.8, 4) is 17.2 Å². The highest BCUT2D eigenvalue weighted by Crippen LogP contribution is 2.38. The quantitative estimate of drug-likeness (QED) is 0.0764. The van der Waals surface area contributed by atoms with Gasteiger partial charge in [0.15, 0.2) is 11.5 Å². The number of phenolic OH excluding ortho intramolecular Hbond substituents is 1. The fraction of sp³-hybridized carbons (Fsp3) is 0.643. The van der Waals surface area contributed by atoms with Crippen LogP contribution in [-0.2, 0) is 19.1 Å². The lowest BCUT2D eigenvalue weighted by Gasteiger charge is -2.13. The van der Waals surface area contributed by atoms with Gasteiger partial charge in [0.25, 0.3) is 0 Å². The van der Waals surface area contributed by atoms with Gasteiger partial charge in [-0.3, -0.25) is 0 Å². The summed E-state index contributed by atoms with van der Waals surface area (Å²) in [5.74, 6) is -1.16. The zero-order valence-electron chi connectivity index (χ0n) is 22.0. The SMILES string of the molecule is CCCCCCCOC(=O)C(=Cc1cc(OCC)c(O)c(OCC)c1)C(=O)OCCCCCCC. The van der Waals surface area contributed by atoms with Gasteiger partial charge in [0, 0.05) is 0 Å². The lowest BCUT2D eigenvalue weighted by atomic mass is 10.1. The van der Waals surface area contributed by atoms with Gasteiger partial charge >= 0.3 is 11.9 Å². The van der Waals surface area contributed by atoms with Gasteiger partial charge in [-0.15, -0.1) is 0 Å². The van der Waals surface area contributed by atoms with Crippen molar-refractivity contribution in [3.05, 3.63) is 23.3 Å². The molecule has 0 heterocycles. The average Bonchev–Trinajstić information content (AvgIpc) is 2.84. The molecular weight excluding hydrogens is 448 g/mol. The minimum atomic E-state index is -0.722. The maximum Gasteiger partial charge on any atom is 0.345 e. The topological polar surface area (TPSA) is 91.3 Å². The van der Waals surface area contributed by atoms with Crippen molar-refractivity contribution in [1.29, 1.82) is 0 Å². The minimum absolute atomic E-state index is 0.128. The lowest BCUT2D eigenvalue weighted by molar-refractivity contribution is -0.147. The predicted molar refractivity (Wildman–Crippen MR) is 138 cm³/mol. The molecule has 0 saturated heterocycles. The van der Waals surface area contributed by atoms with Gasteiger partial charge in [-0.25, -0.2) is 9.59 Å². The van der Waals surface area contributed by atoms with Crippen LogP contribution in [0.25, 0.3) is 6.08 Å². The van der Waals surface area contributed by atoms with Crippen LogP contribution < -0.4 is 9.47 Å². The van der Waals surface area contributed by atoms with Crippen molar-refractivity contribution in [1.82, 2.24) is 0 Å². The highest BCUT2D eigenvalue weighted by Gasteiger charge is 2.23. The molecule has 0 unspecified atom stereocenters. The van der Waals surface area contributed by atoms with Crippen LogP contribution in [0.5, 0.6) is 17.2 Å². The van der Waals surface area contributed by atoms with Crippen LogP contribution in [0.2, 0.25) is 0 Å². The summed E-state index contributed by atoms with van der Waals surface area (Å²) in [6.07, 6.45) is 11.6. The molecule has 0 saturated carbocycles. The van der Waals surface area contributed by atoms with Crippen LogP contribution >= 0.6 is 0 Å². The number of ether oxygens (including phenoxy) is 4. The fourth-order valence-electron chi connectivity index (χ4n) is 3.48.